The first-order valence-corrected chi connectivity index (χ1v) is 8.46. The van der Waals surface area contributed by atoms with Crippen LogP contribution >= 0.6 is 0 Å². The predicted octanol–water partition coefficient (Wildman–Crippen LogP) is 3.45. The number of H-pyrrole nitrogens is 1. The molecule has 1 aliphatic heterocycles. The Balaban J connectivity index is 1.51. The lowest BCUT2D eigenvalue weighted by Crippen LogP contribution is -2.27. The van der Waals surface area contributed by atoms with Crippen molar-refractivity contribution in [2.45, 2.75) is 25.3 Å². The minimum absolute atomic E-state index is 0.0111. The third-order valence-electron chi connectivity index (χ3n) is 4.48. The monoisotopic (exact) mass is 338 g/mol. The van der Waals surface area contributed by atoms with Gasteiger partial charge in [-0.25, -0.2) is 9.37 Å². The maximum Gasteiger partial charge on any atom is 0.225 e. The summed E-state index contributed by atoms with van der Waals surface area (Å²) in [6, 6.07) is 12.0. The van der Waals surface area contributed by atoms with Gasteiger partial charge >= 0.3 is 0 Å². The molecule has 2 aromatic carbocycles. The summed E-state index contributed by atoms with van der Waals surface area (Å²) in [5.41, 5.74) is 3.19. The van der Waals surface area contributed by atoms with Gasteiger partial charge in [-0.05, 0) is 61.9 Å². The molecule has 1 amide bonds. The summed E-state index contributed by atoms with van der Waals surface area (Å²) < 4.78 is 13.1. The van der Waals surface area contributed by atoms with Crippen molar-refractivity contribution >= 4 is 22.6 Å². The summed E-state index contributed by atoms with van der Waals surface area (Å²) in [5, 5.41) is 6.27. The van der Waals surface area contributed by atoms with E-state index in [-0.39, 0.29) is 17.8 Å². The van der Waals surface area contributed by atoms with Gasteiger partial charge in [0.15, 0.2) is 0 Å². The molecule has 5 nitrogen and oxygen atoms in total. The molecule has 1 unspecified atom stereocenters. The zero-order valence-corrected chi connectivity index (χ0v) is 13.7. The highest BCUT2D eigenvalue weighted by molar-refractivity contribution is 5.93. The highest BCUT2D eigenvalue weighted by Gasteiger charge is 2.17. The molecule has 0 bridgehead atoms. The number of hydrogen-bond donors (Lipinski definition) is 3. The van der Waals surface area contributed by atoms with E-state index in [1.165, 1.54) is 12.1 Å². The van der Waals surface area contributed by atoms with E-state index in [0.29, 0.717) is 12.2 Å². The van der Waals surface area contributed by atoms with Crippen molar-refractivity contribution in [3.05, 3.63) is 48.3 Å². The fourth-order valence-electron chi connectivity index (χ4n) is 3.20. The highest BCUT2D eigenvalue weighted by atomic mass is 19.1. The standard InChI is InChI=1S/C19H19FN4O/c20-13-5-3-12(4-6-13)19-23-16-8-7-15(10-17(16)24-19)22-18(25)11-14-2-1-9-21-14/h3-8,10,14,21H,1-2,9,11H2,(H,22,25)(H,23,24). The van der Waals surface area contributed by atoms with Crippen LogP contribution in [-0.2, 0) is 4.79 Å². The lowest BCUT2D eigenvalue weighted by molar-refractivity contribution is -0.116. The second-order valence-corrected chi connectivity index (χ2v) is 6.37. The van der Waals surface area contributed by atoms with E-state index in [2.05, 4.69) is 20.6 Å². The summed E-state index contributed by atoms with van der Waals surface area (Å²) in [7, 11) is 0. The number of carbonyl (C=O) groups is 1. The van der Waals surface area contributed by atoms with E-state index < -0.39 is 0 Å². The van der Waals surface area contributed by atoms with Crippen LogP contribution in [0.2, 0.25) is 0 Å². The van der Waals surface area contributed by atoms with Gasteiger partial charge in [0.2, 0.25) is 5.91 Å². The Bertz CT molecular complexity index is 897. The molecular weight excluding hydrogens is 319 g/mol. The third-order valence-corrected chi connectivity index (χ3v) is 4.48. The zero-order valence-electron chi connectivity index (χ0n) is 13.7. The fraction of sp³-hybridized carbons (Fsp3) is 0.263. The number of hydrogen-bond acceptors (Lipinski definition) is 3. The molecular formula is C19H19FN4O. The Morgan fingerprint density at radius 1 is 1.24 bits per heavy atom. The van der Waals surface area contributed by atoms with E-state index in [9.17, 15) is 9.18 Å². The summed E-state index contributed by atoms with van der Waals surface area (Å²) in [4.78, 5) is 19.9. The lowest BCUT2D eigenvalue weighted by Gasteiger charge is -2.10. The van der Waals surface area contributed by atoms with Gasteiger partial charge in [-0.15, -0.1) is 0 Å². The topological polar surface area (TPSA) is 69.8 Å². The molecule has 3 N–H and O–H groups in total. The van der Waals surface area contributed by atoms with Crippen LogP contribution in [0.1, 0.15) is 19.3 Å². The molecule has 6 heteroatoms. The highest BCUT2D eigenvalue weighted by Crippen LogP contribution is 2.23. The maximum atomic E-state index is 13.1. The average Bonchev–Trinajstić information content (AvgIpc) is 3.24. The number of benzene rings is 2. The maximum absolute atomic E-state index is 13.1. The molecule has 1 atom stereocenters. The molecule has 25 heavy (non-hydrogen) atoms. The fourth-order valence-corrected chi connectivity index (χ4v) is 3.20. The Labute approximate surface area is 144 Å². The predicted molar refractivity (Wildman–Crippen MR) is 95.8 cm³/mol. The number of imidazole rings is 1. The molecule has 1 aromatic heterocycles. The molecule has 4 rings (SSSR count). The molecule has 1 fully saturated rings. The van der Waals surface area contributed by atoms with E-state index in [1.54, 1.807) is 12.1 Å². The minimum Gasteiger partial charge on any atom is -0.338 e. The molecule has 3 aromatic rings. The van der Waals surface area contributed by atoms with Crippen molar-refractivity contribution in [2.24, 2.45) is 0 Å². The van der Waals surface area contributed by atoms with Gasteiger partial charge in [-0.1, -0.05) is 0 Å². The van der Waals surface area contributed by atoms with Crippen LogP contribution in [0, 0.1) is 5.82 Å². The average molecular weight is 338 g/mol. The van der Waals surface area contributed by atoms with Crippen molar-refractivity contribution < 1.29 is 9.18 Å². The lowest BCUT2D eigenvalue weighted by atomic mass is 10.1. The SMILES string of the molecule is O=C(CC1CCCN1)Nc1ccc2nc(-c3ccc(F)cc3)[nH]c2c1. The summed E-state index contributed by atoms with van der Waals surface area (Å²) in [6.45, 7) is 0.990. The van der Waals surface area contributed by atoms with Crippen LogP contribution < -0.4 is 10.6 Å². The van der Waals surface area contributed by atoms with E-state index >= 15 is 0 Å². The number of anilines is 1. The second-order valence-electron chi connectivity index (χ2n) is 6.37. The van der Waals surface area contributed by atoms with Crippen molar-refractivity contribution in [3.8, 4) is 11.4 Å². The summed E-state index contributed by atoms with van der Waals surface area (Å²) >= 11 is 0. The number of nitrogens with zero attached hydrogens (tertiary/aromatic N) is 1. The normalized spacial score (nSPS) is 17.1. The zero-order chi connectivity index (χ0) is 17.2. The van der Waals surface area contributed by atoms with Crippen molar-refractivity contribution in [1.29, 1.82) is 0 Å². The Kier molecular flexibility index (Phi) is 4.19. The Morgan fingerprint density at radius 2 is 2.08 bits per heavy atom. The van der Waals surface area contributed by atoms with Gasteiger partial charge in [0.25, 0.3) is 0 Å². The largest absolute Gasteiger partial charge is 0.338 e. The summed E-state index contributed by atoms with van der Waals surface area (Å²) in [6.07, 6.45) is 2.67. The first kappa shape index (κ1) is 15.8. The van der Waals surface area contributed by atoms with Gasteiger partial charge < -0.3 is 15.6 Å². The minimum atomic E-state index is -0.276. The van der Waals surface area contributed by atoms with Gasteiger partial charge in [0.05, 0.1) is 11.0 Å². The smallest absolute Gasteiger partial charge is 0.225 e. The van der Waals surface area contributed by atoms with Crippen LogP contribution in [-0.4, -0.2) is 28.5 Å². The number of nitrogens with one attached hydrogen (secondary N) is 3. The van der Waals surface area contributed by atoms with Gasteiger partial charge in [-0.2, -0.15) is 0 Å². The van der Waals surface area contributed by atoms with Crippen LogP contribution in [0.5, 0.6) is 0 Å². The third kappa shape index (κ3) is 3.53. The second kappa shape index (κ2) is 6.64. The van der Waals surface area contributed by atoms with Crippen LogP contribution in [0.3, 0.4) is 0 Å². The van der Waals surface area contributed by atoms with E-state index in [4.69, 9.17) is 0 Å². The van der Waals surface area contributed by atoms with Crippen molar-refractivity contribution in [1.82, 2.24) is 15.3 Å². The quantitative estimate of drug-likeness (QED) is 0.682. The van der Waals surface area contributed by atoms with Gasteiger partial charge in [0.1, 0.15) is 11.6 Å². The molecule has 0 saturated carbocycles. The van der Waals surface area contributed by atoms with Gasteiger partial charge in [-0.3, -0.25) is 4.79 Å². The number of fused-ring (bicyclic) bond motifs is 1. The van der Waals surface area contributed by atoms with Crippen molar-refractivity contribution in [2.75, 3.05) is 11.9 Å². The number of carbonyl (C=O) groups excluding carboxylic acids is 1. The van der Waals surface area contributed by atoms with Crippen LogP contribution in [0.25, 0.3) is 22.4 Å². The Morgan fingerprint density at radius 3 is 2.84 bits per heavy atom. The molecule has 2 heterocycles. The van der Waals surface area contributed by atoms with Gasteiger partial charge in [0, 0.05) is 23.7 Å². The number of aromatic nitrogens is 2. The molecule has 0 spiro atoms. The molecule has 0 aliphatic carbocycles. The molecule has 1 saturated heterocycles. The van der Waals surface area contributed by atoms with Crippen LogP contribution in [0.15, 0.2) is 42.5 Å². The van der Waals surface area contributed by atoms with E-state index in [1.807, 2.05) is 18.2 Å². The first-order chi connectivity index (χ1) is 12.2. The number of aromatic amines is 1. The van der Waals surface area contributed by atoms with E-state index in [0.717, 1.165) is 41.7 Å². The van der Waals surface area contributed by atoms with Crippen molar-refractivity contribution in [3.63, 3.8) is 0 Å². The number of halogens is 1. The molecule has 1 aliphatic rings. The molecule has 128 valence electrons. The number of amides is 1. The first-order valence-electron chi connectivity index (χ1n) is 8.46. The number of rotatable bonds is 4. The van der Waals surface area contributed by atoms with Crippen LogP contribution in [0.4, 0.5) is 10.1 Å². The summed E-state index contributed by atoms with van der Waals surface area (Å²) in [5.74, 6) is 0.410. The molecule has 0 radical (unpaired) electrons. The Hall–Kier alpha value is -2.73.